The third kappa shape index (κ3) is 3.05. The van der Waals surface area contributed by atoms with Crippen molar-refractivity contribution >= 4 is 0 Å². The molecule has 0 saturated heterocycles. The number of hydrogen-bond acceptors (Lipinski definition) is 2. The second-order valence-corrected chi connectivity index (χ2v) is 6.03. The highest BCUT2D eigenvalue weighted by atomic mass is 16.5. The maximum absolute atomic E-state index is 5.20. The zero-order chi connectivity index (χ0) is 13.2. The normalized spacial score (nSPS) is 22.6. The topological polar surface area (TPSA) is 21.3 Å². The molecule has 1 saturated carbocycles. The van der Waals surface area contributed by atoms with Crippen molar-refractivity contribution in [2.24, 2.45) is 11.3 Å². The summed E-state index contributed by atoms with van der Waals surface area (Å²) in [5.41, 5.74) is 1.92. The van der Waals surface area contributed by atoms with Crippen molar-refractivity contribution in [3.05, 3.63) is 29.8 Å². The number of ether oxygens (including phenoxy) is 1. The molecule has 0 spiro atoms. The van der Waals surface area contributed by atoms with E-state index in [4.69, 9.17) is 4.74 Å². The van der Waals surface area contributed by atoms with E-state index in [0.29, 0.717) is 11.5 Å². The van der Waals surface area contributed by atoms with E-state index < -0.39 is 0 Å². The molecular weight excluding hydrogens is 222 g/mol. The van der Waals surface area contributed by atoms with Gasteiger partial charge in [0.15, 0.2) is 0 Å². The van der Waals surface area contributed by atoms with Crippen molar-refractivity contribution in [2.45, 2.75) is 39.7 Å². The van der Waals surface area contributed by atoms with Gasteiger partial charge in [0, 0.05) is 6.04 Å². The number of methoxy groups -OCH3 is 1. The van der Waals surface area contributed by atoms with E-state index >= 15 is 0 Å². The van der Waals surface area contributed by atoms with Gasteiger partial charge in [0.2, 0.25) is 0 Å². The van der Waals surface area contributed by atoms with Gasteiger partial charge in [-0.05, 0) is 48.4 Å². The molecule has 2 nitrogen and oxygen atoms in total. The first kappa shape index (κ1) is 13.4. The Labute approximate surface area is 111 Å². The highest BCUT2D eigenvalue weighted by molar-refractivity contribution is 5.29. The molecule has 1 aromatic carbocycles. The molecule has 1 N–H and O–H groups in total. The van der Waals surface area contributed by atoms with Crippen LogP contribution in [0.25, 0.3) is 0 Å². The summed E-state index contributed by atoms with van der Waals surface area (Å²) < 4.78 is 5.20. The second kappa shape index (κ2) is 5.31. The molecule has 1 aromatic rings. The summed E-state index contributed by atoms with van der Waals surface area (Å²) in [5.74, 6) is 1.78. The fourth-order valence-corrected chi connectivity index (χ4v) is 2.54. The van der Waals surface area contributed by atoms with Crippen LogP contribution < -0.4 is 10.1 Å². The Morgan fingerprint density at radius 3 is 2.39 bits per heavy atom. The quantitative estimate of drug-likeness (QED) is 0.826. The van der Waals surface area contributed by atoms with Gasteiger partial charge in [-0.3, -0.25) is 0 Å². The Hall–Kier alpha value is -1.02. The standard InChI is InChI=1S/C16H25NO/c1-5-15(17-11-13-10-16(13,2)3)12-6-8-14(18-4)9-7-12/h6-9,13,15,17H,5,10-11H2,1-4H3. The Morgan fingerprint density at radius 2 is 1.94 bits per heavy atom. The number of rotatable bonds is 6. The third-order valence-electron chi connectivity index (χ3n) is 4.25. The molecule has 1 fully saturated rings. The molecule has 0 bridgehead atoms. The average molecular weight is 247 g/mol. The van der Waals surface area contributed by atoms with E-state index in [1.165, 1.54) is 12.0 Å². The predicted octanol–water partition coefficient (Wildman–Crippen LogP) is 3.78. The molecule has 2 rings (SSSR count). The molecule has 18 heavy (non-hydrogen) atoms. The third-order valence-corrected chi connectivity index (χ3v) is 4.25. The van der Waals surface area contributed by atoms with Gasteiger partial charge >= 0.3 is 0 Å². The first-order chi connectivity index (χ1) is 8.56. The monoisotopic (exact) mass is 247 g/mol. The van der Waals surface area contributed by atoms with Gasteiger partial charge in [0.25, 0.3) is 0 Å². The maximum Gasteiger partial charge on any atom is 0.118 e. The Bertz CT molecular complexity index is 383. The van der Waals surface area contributed by atoms with Crippen LogP contribution >= 0.6 is 0 Å². The van der Waals surface area contributed by atoms with Crippen molar-refractivity contribution < 1.29 is 4.74 Å². The largest absolute Gasteiger partial charge is 0.497 e. The summed E-state index contributed by atoms with van der Waals surface area (Å²) in [4.78, 5) is 0. The molecular formula is C16H25NO. The van der Waals surface area contributed by atoms with Gasteiger partial charge in [-0.25, -0.2) is 0 Å². The highest BCUT2D eigenvalue weighted by Crippen LogP contribution is 2.51. The summed E-state index contributed by atoms with van der Waals surface area (Å²) in [6.45, 7) is 8.08. The van der Waals surface area contributed by atoms with Crippen LogP contribution in [-0.2, 0) is 0 Å². The molecule has 0 aromatic heterocycles. The van der Waals surface area contributed by atoms with Crippen LogP contribution in [0.4, 0.5) is 0 Å². The van der Waals surface area contributed by atoms with Crippen LogP contribution in [0.5, 0.6) is 5.75 Å². The zero-order valence-corrected chi connectivity index (χ0v) is 12.0. The lowest BCUT2D eigenvalue weighted by molar-refractivity contribution is 0.414. The summed E-state index contributed by atoms with van der Waals surface area (Å²) in [6, 6.07) is 8.88. The summed E-state index contributed by atoms with van der Waals surface area (Å²) >= 11 is 0. The summed E-state index contributed by atoms with van der Waals surface area (Å²) in [5, 5.41) is 3.70. The van der Waals surface area contributed by atoms with Crippen molar-refractivity contribution in [2.75, 3.05) is 13.7 Å². The lowest BCUT2D eigenvalue weighted by Gasteiger charge is -2.18. The lowest BCUT2D eigenvalue weighted by Crippen LogP contribution is -2.24. The van der Waals surface area contributed by atoms with Crippen LogP contribution in [-0.4, -0.2) is 13.7 Å². The molecule has 1 aliphatic carbocycles. The lowest BCUT2D eigenvalue weighted by atomic mass is 10.0. The van der Waals surface area contributed by atoms with Crippen LogP contribution in [0.1, 0.15) is 45.2 Å². The Morgan fingerprint density at radius 1 is 1.33 bits per heavy atom. The fraction of sp³-hybridized carbons (Fsp3) is 0.625. The van der Waals surface area contributed by atoms with Crippen molar-refractivity contribution in [1.29, 1.82) is 0 Å². The number of benzene rings is 1. The van der Waals surface area contributed by atoms with E-state index in [-0.39, 0.29) is 0 Å². The Balaban J connectivity index is 1.91. The van der Waals surface area contributed by atoms with E-state index in [1.807, 2.05) is 12.1 Å². The molecule has 2 unspecified atom stereocenters. The maximum atomic E-state index is 5.20. The van der Waals surface area contributed by atoms with Gasteiger partial charge in [0.1, 0.15) is 5.75 Å². The van der Waals surface area contributed by atoms with E-state index in [0.717, 1.165) is 24.6 Å². The number of nitrogens with one attached hydrogen (secondary N) is 1. The fourth-order valence-electron chi connectivity index (χ4n) is 2.54. The van der Waals surface area contributed by atoms with Gasteiger partial charge in [-0.2, -0.15) is 0 Å². The molecule has 0 radical (unpaired) electrons. The molecule has 0 amide bonds. The second-order valence-electron chi connectivity index (χ2n) is 6.03. The molecule has 2 heteroatoms. The first-order valence-electron chi connectivity index (χ1n) is 6.94. The van der Waals surface area contributed by atoms with Gasteiger partial charge in [-0.1, -0.05) is 32.9 Å². The Kier molecular flexibility index (Phi) is 3.96. The van der Waals surface area contributed by atoms with Crippen molar-refractivity contribution in [1.82, 2.24) is 5.32 Å². The van der Waals surface area contributed by atoms with Gasteiger partial charge in [-0.15, -0.1) is 0 Å². The van der Waals surface area contributed by atoms with Gasteiger partial charge < -0.3 is 10.1 Å². The molecule has 0 aliphatic heterocycles. The molecule has 2 atom stereocenters. The van der Waals surface area contributed by atoms with Gasteiger partial charge in [0.05, 0.1) is 7.11 Å². The van der Waals surface area contributed by atoms with E-state index in [2.05, 4.69) is 38.2 Å². The minimum absolute atomic E-state index is 0.465. The summed E-state index contributed by atoms with van der Waals surface area (Å²) in [6.07, 6.45) is 2.48. The minimum Gasteiger partial charge on any atom is -0.497 e. The summed E-state index contributed by atoms with van der Waals surface area (Å²) in [7, 11) is 1.71. The van der Waals surface area contributed by atoms with Crippen LogP contribution in [0, 0.1) is 11.3 Å². The first-order valence-corrected chi connectivity index (χ1v) is 6.94. The SMILES string of the molecule is CCC(NCC1CC1(C)C)c1ccc(OC)cc1. The van der Waals surface area contributed by atoms with Crippen LogP contribution in [0.15, 0.2) is 24.3 Å². The predicted molar refractivity (Wildman–Crippen MR) is 75.9 cm³/mol. The molecule has 1 aliphatic rings. The average Bonchev–Trinajstić information content (AvgIpc) is 2.98. The van der Waals surface area contributed by atoms with Crippen molar-refractivity contribution in [3.63, 3.8) is 0 Å². The molecule has 0 heterocycles. The van der Waals surface area contributed by atoms with E-state index in [9.17, 15) is 0 Å². The number of hydrogen-bond donors (Lipinski definition) is 1. The molecule has 100 valence electrons. The zero-order valence-electron chi connectivity index (χ0n) is 12.0. The minimum atomic E-state index is 0.465. The van der Waals surface area contributed by atoms with E-state index in [1.54, 1.807) is 7.11 Å². The van der Waals surface area contributed by atoms with Crippen molar-refractivity contribution in [3.8, 4) is 5.75 Å². The smallest absolute Gasteiger partial charge is 0.118 e. The van der Waals surface area contributed by atoms with Crippen LogP contribution in [0.2, 0.25) is 0 Å². The van der Waals surface area contributed by atoms with Crippen LogP contribution in [0.3, 0.4) is 0 Å². The highest BCUT2D eigenvalue weighted by Gasteiger charge is 2.44.